The van der Waals surface area contributed by atoms with Gasteiger partial charge in [0.15, 0.2) is 12.6 Å². The van der Waals surface area contributed by atoms with Gasteiger partial charge in [-0.25, -0.2) is 0 Å². The molecule has 13 nitrogen and oxygen atoms in total. The fourth-order valence-corrected chi connectivity index (χ4v) is 13.1. The number of rotatable bonds is 9. The molecule has 6 fully saturated rings. The third-order valence-corrected chi connectivity index (χ3v) is 16.2. The van der Waals surface area contributed by atoms with Crippen molar-refractivity contribution in [3.63, 3.8) is 0 Å². The fourth-order valence-electron chi connectivity index (χ4n) is 13.1. The van der Waals surface area contributed by atoms with Gasteiger partial charge in [0.2, 0.25) is 0 Å². The lowest BCUT2D eigenvalue weighted by atomic mass is 9.35. The predicted molar refractivity (Wildman–Crippen MR) is 196 cm³/mol. The summed E-state index contributed by atoms with van der Waals surface area (Å²) in [6.45, 7) is 16.5. The molecule has 4 aliphatic carbocycles. The predicted octanol–water partition coefficient (Wildman–Crippen LogP) is 1.76. The molecule has 0 aromatic heterocycles. The van der Waals surface area contributed by atoms with Crippen LogP contribution in [0.1, 0.15) is 107 Å². The van der Waals surface area contributed by atoms with E-state index in [-0.39, 0.29) is 53.1 Å². The molecule has 0 radical (unpaired) electrons. The van der Waals surface area contributed by atoms with Crippen molar-refractivity contribution in [3.8, 4) is 0 Å². The van der Waals surface area contributed by atoms with Gasteiger partial charge in [0.05, 0.1) is 37.1 Å². The normalized spacial score (nSPS) is 52.8. The van der Waals surface area contributed by atoms with Gasteiger partial charge in [-0.3, -0.25) is 0 Å². The molecule has 54 heavy (non-hydrogen) atoms. The summed E-state index contributed by atoms with van der Waals surface area (Å²) < 4.78 is 24.0. The molecular formula is C41H70O13. The Bertz CT molecular complexity index is 1360. The molecule has 6 aliphatic rings. The van der Waals surface area contributed by atoms with Crippen LogP contribution < -0.4 is 0 Å². The lowest BCUT2D eigenvalue weighted by Gasteiger charge is -2.71. The van der Waals surface area contributed by atoms with E-state index < -0.39 is 84.6 Å². The number of aliphatic hydroxyl groups excluding tert-OH is 9. The summed E-state index contributed by atoms with van der Waals surface area (Å²) in [6, 6.07) is 0. The molecule has 2 aliphatic heterocycles. The minimum atomic E-state index is -1.65. The number of ether oxygens (including phenoxy) is 4. The number of aliphatic hydroxyl groups is 9. The van der Waals surface area contributed by atoms with Gasteiger partial charge >= 0.3 is 0 Å². The van der Waals surface area contributed by atoms with Gasteiger partial charge in [0.25, 0.3) is 0 Å². The van der Waals surface area contributed by atoms with Crippen LogP contribution in [0.2, 0.25) is 0 Å². The Labute approximate surface area is 320 Å². The van der Waals surface area contributed by atoms with E-state index in [1.807, 2.05) is 20.8 Å². The molecule has 13 heteroatoms. The Morgan fingerprint density at radius 2 is 1.41 bits per heavy atom. The highest BCUT2D eigenvalue weighted by Gasteiger charge is 2.72. The van der Waals surface area contributed by atoms with Crippen molar-refractivity contribution in [1.82, 2.24) is 0 Å². The molecule has 2 saturated heterocycles. The number of hydrogen-bond donors (Lipinski definition) is 9. The molecule has 2 heterocycles. The SMILES string of the molecule is CC(C)=CCCC(C)(OC1OC(COC2OCC(O)C(O)C2O)C(O)C(O)C1O)C1CCC2(C)C1C(O)CC1C3(C)CC(O)C(O)C(C)(C)C3CCC12C. The van der Waals surface area contributed by atoms with Crippen LogP contribution in [0.5, 0.6) is 0 Å². The summed E-state index contributed by atoms with van der Waals surface area (Å²) >= 11 is 0. The molecule has 9 N–H and O–H groups in total. The highest BCUT2D eigenvalue weighted by molar-refractivity contribution is 5.21. The van der Waals surface area contributed by atoms with E-state index in [1.54, 1.807) is 0 Å². The highest BCUT2D eigenvalue weighted by Crippen LogP contribution is 2.76. The molecule has 0 aromatic rings. The second-order valence-electron chi connectivity index (χ2n) is 19.8. The maximum atomic E-state index is 12.4. The first-order valence-electron chi connectivity index (χ1n) is 20.4. The zero-order valence-electron chi connectivity index (χ0n) is 33.5. The Hall–Kier alpha value is -0.780. The third kappa shape index (κ3) is 6.86. The Morgan fingerprint density at radius 3 is 2.07 bits per heavy atom. The average Bonchev–Trinajstić information content (AvgIpc) is 3.48. The summed E-state index contributed by atoms with van der Waals surface area (Å²) in [5.74, 6) is -0.00789. The first-order valence-corrected chi connectivity index (χ1v) is 20.4. The first kappa shape index (κ1) is 42.8. The van der Waals surface area contributed by atoms with Crippen molar-refractivity contribution in [1.29, 1.82) is 0 Å². The van der Waals surface area contributed by atoms with Gasteiger partial charge in [-0.05, 0) is 117 Å². The minimum absolute atomic E-state index is 0.120. The van der Waals surface area contributed by atoms with E-state index >= 15 is 0 Å². The maximum absolute atomic E-state index is 12.4. The third-order valence-electron chi connectivity index (χ3n) is 16.2. The van der Waals surface area contributed by atoms with Crippen LogP contribution in [0.25, 0.3) is 0 Å². The lowest BCUT2D eigenvalue weighted by molar-refractivity contribution is -0.345. The van der Waals surface area contributed by atoms with Crippen LogP contribution in [0.15, 0.2) is 11.6 Å². The van der Waals surface area contributed by atoms with Gasteiger partial charge in [-0.15, -0.1) is 0 Å². The summed E-state index contributed by atoms with van der Waals surface area (Å²) in [4.78, 5) is 0. The number of allylic oxidation sites excluding steroid dienone is 2. The average molecular weight is 771 g/mol. The minimum Gasteiger partial charge on any atom is -0.393 e. The maximum Gasteiger partial charge on any atom is 0.187 e. The summed E-state index contributed by atoms with van der Waals surface area (Å²) in [5, 5.41) is 98.2. The van der Waals surface area contributed by atoms with E-state index in [1.165, 1.54) is 0 Å². The van der Waals surface area contributed by atoms with Gasteiger partial charge in [0, 0.05) is 0 Å². The molecule has 0 spiro atoms. The molecule has 4 saturated carbocycles. The summed E-state index contributed by atoms with van der Waals surface area (Å²) in [7, 11) is 0. The Kier molecular flexibility index (Phi) is 12.0. The smallest absolute Gasteiger partial charge is 0.187 e. The van der Waals surface area contributed by atoms with Crippen molar-refractivity contribution in [2.24, 2.45) is 45.3 Å². The van der Waals surface area contributed by atoms with Gasteiger partial charge in [-0.2, -0.15) is 0 Å². The van der Waals surface area contributed by atoms with Gasteiger partial charge in [-0.1, -0.05) is 46.3 Å². The summed E-state index contributed by atoms with van der Waals surface area (Å²) in [6.07, 6.45) is -7.52. The van der Waals surface area contributed by atoms with Crippen LogP contribution in [-0.2, 0) is 18.9 Å². The van der Waals surface area contributed by atoms with Crippen LogP contribution in [0.4, 0.5) is 0 Å². The van der Waals surface area contributed by atoms with E-state index in [0.29, 0.717) is 25.7 Å². The van der Waals surface area contributed by atoms with Crippen LogP contribution in [0.3, 0.4) is 0 Å². The molecule has 0 amide bonds. The van der Waals surface area contributed by atoms with Crippen molar-refractivity contribution in [2.45, 2.75) is 186 Å². The molecule has 20 atom stereocenters. The van der Waals surface area contributed by atoms with Crippen LogP contribution >= 0.6 is 0 Å². The molecule has 312 valence electrons. The van der Waals surface area contributed by atoms with Gasteiger partial charge in [0.1, 0.15) is 42.7 Å². The zero-order valence-corrected chi connectivity index (χ0v) is 33.5. The second kappa shape index (κ2) is 15.1. The molecule has 0 aromatic carbocycles. The monoisotopic (exact) mass is 770 g/mol. The highest BCUT2D eigenvalue weighted by atomic mass is 16.7. The molecular weight excluding hydrogens is 700 g/mol. The number of hydrogen-bond acceptors (Lipinski definition) is 13. The van der Waals surface area contributed by atoms with E-state index in [2.05, 4.69) is 40.7 Å². The molecule has 6 rings (SSSR count). The first-order chi connectivity index (χ1) is 25.0. The van der Waals surface area contributed by atoms with Crippen molar-refractivity contribution >= 4 is 0 Å². The zero-order chi connectivity index (χ0) is 39.9. The number of fused-ring (bicyclic) bond motifs is 5. The quantitative estimate of drug-likeness (QED) is 0.153. The van der Waals surface area contributed by atoms with Crippen molar-refractivity contribution < 1.29 is 64.9 Å². The van der Waals surface area contributed by atoms with E-state index in [0.717, 1.165) is 31.3 Å². The van der Waals surface area contributed by atoms with E-state index in [4.69, 9.17) is 18.9 Å². The molecule has 20 unspecified atom stereocenters. The standard InChI is InChI=1S/C41H70O13/c1-20(2)10-9-13-41(8,54-36-33(49)31(47)30(46)25(53-36)19-52-35-32(48)29(45)24(44)18-51-35)21-11-14-40(7)28(21)22(42)16-27-38(5)17-23(43)34(50)37(3,4)26(38)12-15-39(27,40)6/h10,21-36,42-50H,9,11-19H2,1-8H3. The van der Waals surface area contributed by atoms with E-state index in [9.17, 15) is 46.0 Å². The van der Waals surface area contributed by atoms with Crippen LogP contribution in [0, 0.1) is 45.3 Å². The Balaban J connectivity index is 1.27. The second-order valence-corrected chi connectivity index (χ2v) is 19.8. The molecule has 0 bridgehead atoms. The summed E-state index contributed by atoms with van der Waals surface area (Å²) in [5.41, 5.74) is -1.03. The largest absolute Gasteiger partial charge is 0.393 e. The lowest BCUT2D eigenvalue weighted by Crippen LogP contribution is -2.68. The van der Waals surface area contributed by atoms with Crippen LogP contribution in [-0.4, -0.2) is 138 Å². The van der Waals surface area contributed by atoms with Gasteiger partial charge < -0.3 is 64.9 Å². The Morgan fingerprint density at radius 1 is 0.759 bits per heavy atom. The topological polar surface area (TPSA) is 219 Å². The fraction of sp³-hybridized carbons (Fsp3) is 0.951. The van der Waals surface area contributed by atoms with Crippen molar-refractivity contribution in [2.75, 3.05) is 13.2 Å². The van der Waals surface area contributed by atoms with Crippen molar-refractivity contribution in [3.05, 3.63) is 11.6 Å².